The molecule has 1 aliphatic heterocycles. The third-order valence-corrected chi connectivity index (χ3v) is 3.19. The third kappa shape index (κ3) is 2.13. The van der Waals surface area contributed by atoms with Crippen molar-refractivity contribution in [3.63, 3.8) is 0 Å². The molecular weight excluding hydrogens is 277 g/mol. The summed E-state index contributed by atoms with van der Waals surface area (Å²) in [6, 6.07) is 4.66. The second kappa shape index (κ2) is 4.79. The highest BCUT2D eigenvalue weighted by Gasteiger charge is 2.35. The molecule has 5 heteroatoms. The second-order valence-electron chi connectivity index (χ2n) is 3.64. The first-order chi connectivity index (χ1) is 7.68. The van der Waals surface area contributed by atoms with Crippen LogP contribution in [0.5, 0.6) is 0 Å². The molecular formula is C11H13BrFNO2. The number of ether oxygens (including phenoxy) is 2. The van der Waals surface area contributed by atoms with Crippen molar-refractivity contribution in [1.29, 1.82) is 0 Å². The summed E-state index contributed by atoms with van der Waals surface area (Å²) in [5.41, 5.74) is 6.44. The summed E-state index contributed by atoms with van der Waals surface area (Å²) in [4.78, 5) is 0. The summed E-state index contributed by atoms with van der Waals surface area (Å²) in [6.07, 6.45) is 0.851. The van der Waals surface area contributed by atoms with Crippen molar-refractivity contribution in [2.75, 3.05) is 19.8 Å². The summed E-state index contributed by atoms with van der Waals surface area (Å²) < 4.78 is 24.7. The molecule has 0 aromatic heterocycles. The van der Waals surface area contributed by atoms with E-state index in [1.54, 1.807) is 12.1 Å². The standard InChI is InChI=1S/C11H13BrFNO2/c12-9-6-8(2-3-10(9)13)11(7-14)15-4-1-5-16-11/h2-3,6H,1,4-5,7,14H2. The molecule has 2 N–H and O–H groups in total. The number of nitrogens with two attached hydrogens (primary N) is 1. The van der Waals surface area contributed by atoms with Gasteiger partial charge in [-0.3, -0.25) is 0 Å². The highest BCUT2D eigenvalue weighted by atomic mass is 79.9. The molecule has 0 atom stereocenters. The Morgan fingerprint density at radius 1 is 1.38 bits per heavy atom. The molecule has 0 radical (unpaired) electrons. The van der Waals surface area contributed by atoms with Gasteiger partial charge in [-0.15, -0.1) is 0 Å². The van der Waals surface area contributed by atoms with E-state index in [1.807, 2.05) is 0 Å². The van der Waals surface area contributed by atoms with Gasteiger partial charge < -0.3 is 15.2 Å². The zero-order valence-electron chi connectivity index (χ0n) is 8.71. The molecule has 0 bridgehead atoms. The zero-order valence-corrected chi connectivity index (χ0v) is 10.3. The molecule has 0 aliphatic carbocycles. The Bertz CT molecular complexity index is 380. The number of hydrogen-bond donors (Lipinski definition) is 1. The maximum absolute atomic E-state index is 13.1. The van der Waals surface area contributed by atoms with Crippen LogP contribution in [0.15, 0.2) is 22.7 Å². The lowest BCUT2D eigenvalue weighted by molar-refractivity contribution is -0.269. The van der Waals surface area contributed by atoms with Crippen LogP contribution >= 0.6 is 15.9 Å². The SMILES string of the molecule is NCC1(c2ccc(F)c(Br)c2)OCCCO1. The predicted octanol–water partition coefficient (Wildman–Crippen LogP) is 2.14. The van der Waals surface area contributed by atoms with Gasteiger partial charge in [0, 0.05) is 5.56 Å². The number of benzene rings is 1. The molecule has 1 heterocycles. The molecule has 88 valence electrons. The van der Waals surface area contributed by atoms with Crippen molar-refractivity contribution in [1.82, 2.24) is 0 Å². The summed E-state index contributed by atoms with van der Waals surface area (Å²) in [5, 5.41) is 0. The van der Waals surface area contributed by atoms with E-state index >= 15 is 0 Å². The van der Waals surface area contributed by atoms with E-state index in [-0.39, 0.29) is 12.4 Å². The molecule has 0 saturated carbocycles. The van der Waals surface area contributed by atoms with Gasteiger partial charge in [0.15, 0.2) is 0 Å². The van der Waals surface area contributed by atoms with Crippen molar-refractivity contribution in [3.8, 4) is 0 Å². The Morgan fingerprint density at radius 3 is 2.62 bits per heavy atom. The van der Waals surface area contributed by atoms with E-state index in [1.165, 1.54) is 6.07 Å². The molecule has 1 aromatic rings. The summed E-state index contributed by atoms with van der Waals surface area (Å²) in [6.45, 7) is 1.42. The van der Waals surface area contributed by atoms with Gasteiger partial charge in [0.1, 0.15) is 5.82 Å². The maximum atomic E-state index is 13.1. The molecule has 1 aromatic carbocycles. The van der Waals surface area contributed by atoms with Crippen LogP contribution in [-0.2, 0) is 15.3 Å². The summed E-state index contributed by atoms with van der Waals surface area (Å²) in [5.74, 6) is -1.24. The van der Waals surface area contributed by atoms with Crippen molar-refractivity contribution in [2.24, 2.45) is 5.73 Å². The Kier molecular flexibility index (Phi) is 3.59. The van der Waals surface area contributed by atoms with Crippen molar-refractivity contribution in [3.05, 3.63) is 34.1 Å². The van der Waals surface area contributed by atoms with E-state index in [0.29, 0.717) is 17.7 Å². The van der Waals surface area contributed by atoms with Gasteiger partial charge in [-0.2, -0.15) is 0 Å². The third-order valence-electron chi connectivity index (χ3n) is 2.59. The predicted molar refractivity (Wildman–Crippen MR) is 61.4 cm³/mol. The number of rotatable bonds is 2. The fourth-order valence-electron chi connectivity index (χ4n) is 1.71. The van der Waals surface area contributed by atoms with E-state index < -0.39 is 5.79 Å². The van der Waals surface area contributed by atoms with Crippen molar-refractivity contribution < 1.29 is 13.9 Å². The smallest absolute Gasteiger partial charge is 0.207 e. The molecule has 16 heavy (non-hydrogen) atoms. The quantitative estimate of drug-likeness (QED) is 0.907. The lowest BCUT2D eigenvalue weighted by Gasteiger charge is -2.36. The van der Waals surface area contributed by atoms with Gasteiger partial charge >= 0.3 is 0 Å². The first-order valence-corrected chi connectivity index (χ1v) is 5.91. The van der Waals surface area contributed by atoms with Crippen molar-refractivity contribution >= 4 is 15.9 Å². The minimum absolute atomic E-state index is 0.213. The molecule has 0 amide bonds. The lowest BCUT2D eigenvalue weighted by atomic mass is 10.0. The van der Waals surface area contributed by atoms with E-state index in [9.17, 15) is 4.39 Å². The van der Waals surface area contributed by atoms with Crippen LogP contribution in [0, 0.1) is 5.82 Å². The molecule has 0 spiro atoms. The van der Waals surface area contributed by atoms with Crippen LogP contribution in [0.25, 0.3) is 0 Å². The monoisotopic (exact) mass is 289 g/mol. The van der Waals surface area contributed by atoms with Crippen LogP contribution in [0.4, 0.5) is 4.39 Å². The highest BCUT2D eigenvalue weighted by Crippen LogP contribution is 2.32. The van der Waals surface area contributed by atoms with Crippen LogP contribution in [0.1, 0.15) is 12.0 Å². The number of hydrogen-bond acceptors (Lipinski definition) is 3. The van der Waals surface area contributed by atoms with Gasteiger partial charge in [-0.25, -0.2) is 4.39 Å². The van der Waals surface area contributed by atoms with E-state index in [2.05, 4.69) is 15.9 Å². The molecule has 0 unspecified atom stereocenters. The van der Waals surface area contributed by atoms with Crippen LogP contribution in [-0.4, -0.2) is 19.8 Å². The molecule has 1 saturated heterocycles. The Balaban J connectivity index is 2.35. The number of halogens is 2. The van der Waals surface area contributed by atoms with E-state index in [4.69, 9.17) is 15.2 Å². The lowest BCUT2D eigenvalue weighted by Crippen LogP contribution is -2.44. The fraction of sp³-hybridized carbons (Fsp3) is 0.455. The molecule has 1 aliphatic rings. The fourth-order valence-corrected chi connectivity index (χ4v) is 2.09. The van der Waals surface area contributed by atoms with E-state index in [0.717, 1.165) is 12.0 Å². The topological polar surface area (TPSA) is 44.5 Å². The average molecular weight is 290 g/mol. The maximum Gasteiger partial charge on any atom is 0.207 e. The van der Waals surface area contributed by atoms with Crippen LogP contribution < -0.4 is 5.73 Å². The van der Waals surface area contributed by atoms with Crippen molar-refractivity contribution in [2.45, 2.75) is 12.2 Å². The Morgan fingerprint density at radius 2 is 2.06 bits per heavy atom. The minimum Gasteiger partial charge on any atom is -0.345 e. The second-order valence-corrected chi connectivity index (χ2v) is 4.49. The summed E-state index contributed by atoms with van der Waals surface area (Å²) in [7, 11) is 0. The first kappa shape index (κ1) is 12.0. The molecule has 3 nitrogen and oxygen atoms in total. The zero-order chi connectivity index (χ0) is 11.6. The van der Waals surface area contributed by atoms with Crippen LogP contribution in [0.2, 0.25) is 0 Å². The largest absolute Gasteiger partial charge is 0.345 e. The summed E-state index contributed by atoms with van der Waals surface area (Å²) >= 11 is 3.14. The minimum atomic E-state index is -0.922. The average Bonchev–Trinajstić information content (AvgIpc) is 2.33. The molecule has 1 fully saturated rings. The molecule has 2 rings (SSSR count). The highest BCUT2D eigenvalue weighted by molar-refractivity contribution is 9.10. The van der Waals surface area contributed by atoms with Gasteiger partial charge in [-0.05, 0) is 34.5 Å². The normalized spacial score (nSPS) is 19.7. The van der Waals surface area contributed by atoms with Gasteiger partial charge in [0.25, 0.3) is 0 Å². The first-order valence-electron chi connectivity index (χ1n) is 5.11. The van der Waals surface area contributed by atoms with Crippen LogP contribution in [0.3, 0.4) is 0 Å². The van der Waals surface area contributed by atoms with Gasteiger partial charge in [0.05, 0.1) is 24.2 Å². The van der Waals surface area contributed by atoms with Gasteiger partial charge in [0.2, 0.25) is 5.79 Å². The Labute approximate surface area is 102 Å². The van der Waals surface area contributed by atoms with Gasteiger partial charge in [-0.1, -0.05) is 6.07 Å². The Hall–Kier alpha value is -0.490.